The van der Waals surface area contributed by atoms with Gasteiger partial charge in [-0.15, -0.1) is 0 Å². The first-order valence-electron chi connectivity index (χ1n) is 8.44. The SMILES string of the molecule is Cc1cc(Cl)ccc1OCCCC(=O)OCC(=O)N[C@@](C)(C#N)C(C)C. The molecule has 1 rings (SSSR count). The van der Waals surface area contributed by atoms with Crippen LogP contribution in [0.3, 0.4) is 0 Å². The lowest BCUT2D eigenvalue weighted by Crippen LogP contribution is -2.50. The first kappa shape index (κ1) is 21.8. The summed E-state index contributed by atoms with van der Waals surface area (Å²) >= 11 is 5.88. The maximum absolute atomic E-state index is 11.8. The van der Waals surface area contributed by atoms with Crippen molar-refractivity contribution in [3.63, 3.8) is 0 Å². The van der Waals surface area contributed by atoms with Gasteiger partial charge in [-0.3, -0.25) is 9.59 Å². The second-order valence-corrected chi connectivity index (χ2v) is 6.98. The molecule has 142 valence electrons. The number of amides is 1. The summed E-state index contributed by atoms with van der Waals surface area (Å²) in [5.74, 6) is -0.337. The monoisotopic (exact) mass is 380 g/mol. The molecule has 0 aliphatic heterocycles. The third-order valence-electron chi connectivity index (χ3n) is 4.07. The largest absolute Gasteiger partial charge is 0.493 e. The Labute approximate surface area is 159 Å². The number of carbonyl (C=O) groups is 2. The number of nitrogens with one attached hydrogen (secondary N) is 1. The molecule has 0 heterocycles. The molecule has 0 fully saturated rings. The Morgan fingerprint density at radius 3 is 2.65 bits per heavy atom. The zero-order chi connectivity index (χ0) is 19.7. The minimum Gasteiger partial charge on any atom is -0.493 e. The lowest BCUT2D eigenvalue weighted by Gasteiger charge is -2.27. The van der Waals surface area contributed by atoms with Gasteiger partial charge in [0.1, 0.15) is 11.3 Å². The van der Waals surface area contributed by atoms with E-state index in [1.807, 2.05) is 20.8 Å². The van der Waals surface area contributed by atoms with Gasteiger partial charge in [0.25, 0.3) is 5.91 Å². The minimum absolute atomic E-state index is 0.0689. The van der Waals surface area contributed by atoms with Crippen LogP contribution in [0, 0.1) is 24.2 Å². The number of carbonyl (C=O) groups excluding carboxylic acids is 2. The molecule has 1 amide bonds. The Morgan fingerprint density at radius 1 is 1.38 bits per heavy atom. The summed E-state index contributed by atoms with van der Waals surface area (Å²) in [6, 6.07) is 7.38. The van der Waals surface area contributed by atoms with Gasteiger partial charge in [0, 0.05) is 11.4 Å². The van der Waals surface area contributed by atoms with Gasteiger partial charge >= 0.3 is 5.97 Å². The number of hydrogen-bond acceptors (Lipinski definition) is 5. The molecule has 0 bridgehead atoms. The van der Waals surface area contributed by atoms with Gasteiger partial charge < -0.3 is 14.8 Å². The van der Waals surface area contributed by atoms with Crippen LogP contribution >= 0.6 is 11.6 Å². The minimum atomic E-state index is -0.992. The van der Waals surface area contributed by atoms with Crippen LogP contribution < -0.4 is 10.1 Å². The number of ether oxygens (including phenoxy) is 2. The summed E-state index contributed by atoms with van der Waals surface area (Å²) in [5.41, 5.74) is -0.0734. The quantitative estimate of drug-likeness (QED) is 0.524. The van der Waals surface area contributed by atoms with Gasteiger partial charge in [-0.1, -0.05) is 25.4 Å². The second-order valence-electron chi connectivity index (χ2n) is 6.54. The highest BCUT2D eigenvalue weighted by atomic mass is 35.5. The molecule has 1 aromatic carbocycles. The Morgan fingerprint density at radius 2 is 2.08 bits per heavy atom. The summed E-state index contributed by atoms with van der Waals surface area (Å²) < 4.78 is 10.5. The van der Waals surface area contributed by atoms with Crippen molar-refractivity contribution in [1.29, 1.82) is 5.26 Å². The van der Waals surface area contributed by atoms with Crippen molar-refractivity contribution in [3.05, 3.63) is 28.8 Å². The fraction of sp³-hybridized carbons (Fsp3) is 0.526. The van der Waals surface area contributed by atoms with E-state index in [0.29, 0.717) is 23.8 Å². The molecular weight excluding hydrogens is 356 g/mol. The molecule has 6 nitrogen and oxygen atoms in total. The van der Waals surface area contributed by atoms with Gasteiger partial charge in [0.15, 0.2) is 6.61 Å². The molecule has 0 unspecified atom stereocenters. The van der Waals surface area contributed by atoms with Gasteiger partial charge in [0.2, 0.25) is 0 Å². The average Bonchev–Trinajstić information content (AvgIpc) is 2.58. The van der Waals surface area contributed by atoms with E-state index in [2.05, 4.69) is 11.4 Å². The fourth-order valence-electron chi connectivity index (χ4n) is 2.02. The number of hydrogen-bond donors (Lipinski definition) is 1. The first-order chi connectivity index (χ1) is 12.2. The Kier molecular flexibility index (Phi) is 8.40. The molecule has 0 radical (unpaired) electrons. The highest BCUT2D eigenvalue weighted by Gasteiger charge is 2.30. The van der Waals surface area contributed by atoms with Crippen molar-refractivity contribution >= 4 is 23.5 Å². The number of nitriles is 1. The molecule has 0 saturated carbocycles. The molecular formula is C19H25ClN2O4. The number of esters is 1. The molecule has 1 aromatic rings. The van der Waals surface area contributed by atoms with Crippen molar-refractivity contribution < 1.29 is 19.1 Å². The molecule has 0 spiro atoms. The summed E-state index contributed by atoms with van der Waals surface area (Å²) in [6.07, 6.45) is 0.601. The summed E-state index contributed by atoms with van der Waals surface area (Å²) in [6.45, 7) is 7.13. The van der Waals surface area contributed by atoms with E-state index in [1.165, 1.54) is 0 Å². The van der Waals surface area contributed by atoms with Crippen LogP contribution in [0.15, 0.2) is 18.2 Å². The summed E-state index contributed by atoms with van der Waals surface area (Å²) in [7, 11) is 0. The Bertz CT molecular complexity index is 685. The van der Waals surface area contributed by atoms with Gasteiger partial charge in [-0.2, -0.15) is 5.26 Å². The van der Waals surface area contributed by atoms with Crippen LogP contribution in [0.4, 0.5) is 0 Å². The third kappa shape index (κ3) is 6.93. The highest BCUT2D eigenvalue weighted by Crippen LogP contribution is 2.22. The van der Waals surface area contributed by atoms with Gasteiger partial charge in [-0.05, 0) is 49.9 Å². The smallest absolute Gasteiger partial charge is 0.306 e. The molecule has 0 aliphatic rings. The van der Waals surface area contributed by atoms with Crippen LogP contribution in [-0.2, 0) is 14.3 Å². The zero-order valence-corrected chi connectivity index (χ0v) is 16.4. The van der Waals surface area contributed by atoms with Crippen LogP contribution in [0.5, 0.6) is 5.75 Å². The predicted molar refractivity (Wildman–Crippen MR) is 98.9 cm³/mol. The van der Waals surface area contributed by atoms with Crippen molar-refractivity contribution in [2.45, 2.75) is 46.1 Å². The first-order valence-corrected chi connectivity index (χ1v) is 8.82. The molecule has 7 heteroatoms. The fourth-order valence-corrected chi connectivity index (χ4v) is 2.25. The van der Waals surface area contributed by atoms with E-state index in [9.17, 15) is 9.59 Å². The molecule has 1 atom stereocenters. The van der Waals surface area contributed by atoms with E-state index in [4.69, 9.17) is 26.3 Å². The van der Waals surface area contributed by atoms with E-state index < -0.39 is 24.0 Å². The predicted octanol–water partition coefficient (Wildman–Crippen LogP) is 3.41. The van der Waals surface area contributed by atoms with Gasteiger partial charge in [-0.25, -0.2) is 0 Å². The molecule has 0 aromatic heterocycles. The van der Waals surface area contributed by atoms with Crippen LogP contribution in [0.2, 0.25) is 5.02 Å². The lowest BCUT2D eigenvalue weighted by atomic mass is 9.90. The lowest BCUT2D eigenvalue weighted by molar-refractivity contribution is -0.149. The van der Waals surface area contributed by atoms with E-state index >= 15 is 0 Å². The zero-order valence-electron chi connectivity index (χ0n) is 15.6. The Balaban J connectivity index is 2.28. The Hall–Kier alpha value is -2.26. The van der Waals surface area contributed by atoms with Crippen molar-refractivity contribution in [2.75, 3.05) is 13.2 Å². The maximum atomic E-state index is 11.8. The van der Waals surface area contributed by atoms with Crippen LogP contribution in [0.1, 0.15) is 39.2 Å². The number of rotatable bonds is 9. The van der Waals surface area contributed by atoms with E-state index in [0.717, 1.165) is 5.56 Å². The van der Waals surface area contributed by atoms with Crippen molar-refractivity contribution in [3.8, 4) is 11.8 Å². The number of aryl methyl sites for hydroxylation is 1. The number of nitrogens with zero attached hydrogens (tertiary/aromatic N) is 1. The summed E-state index contributed by atoms with van der Waals surface area (Å²) in [5, 5.41) is 12.4. The standard InChI is InChI=1S/C19H25ClN2O4/c1-13(2)19(4,12-21)22-17(23)11-26-18(24)6-5-9-25-16-8-7-15(20)10-14(16)3/h7-8,10,13H,5-6,9,11H2,1-4H3,(H,22,23)/t19-/m0/s1. The van der Waals surface area contributed by atoms with E-state index in [1.54, 1.807) is 25.1 Å². The molecule has 1 N–H and O–H groups in total. The maximum Gasteiger partial charge on any atom is 0.306 e. The number of halogens is 1. The average molecular weight is 381 g/mol. The molecule has 26 heavy (non-hydrogen) atoms. The van der Waals surface area contributed by atoms with Crippen LogP contribution in [-0.4, -0.2) is 30.6 Å². The topological polar surface area (TPSA) is 88.4 Å². The van der Waals surface area contributed by atoms with Crippen LogP contribution in [0.25, 0.3) is 0 Å². The van der Waals surface area contributed by atoms with Crippen molar-refractivity contribution in [1.82, 2.24) is 5.32 Å². The van der Waals surface area contributed by atoms with Crippen molar-refractivity contribution in [2.24, 2.45) is 5.92 Å². The highest BCUT2D eigenvalue weighted by molar-refractivity contribution is 6.30. The molecule has 0 aliphatic carbocycles. The third-order valence-corrected chi connectivity index (χ3v) is 4.31. The van der Waals surface area contributed by atoms with E-state index in [-0.39, 0.29) is 12.3 Å². The number of benzene rings is 1. The summed E-state index contributed by atoms with van der Waals surface area (Å²) in [4.78, 5) is 23.5. The van der Waals surface area contributed by atoms with Gasteiger partial charge in [0.05, 0.1) is 12.7 Å². The normalized spacial score (nSPS) is 12.8. The second kappa shape index (κ2) is 10.0. The molecule has 0 saturated heterocycles.